The van der Waals surface area contributed by atoms with Crippen molar-refractivity contribution in [1.82, 2.24) is 9.13 Å². The fourth-order valence-corrected chi connectivity index (χ4v) is 7.33. The van der Waals surface area contributed by atoms with Gasteiger partial charge in [-0.15, -0.1) is 0 Å². The van der Waals surface area contributed by atoms with E-state index in [0.717, 1.165) is 43.9 Å². The van der Waals surface area contributed by atoms with Crippen molar-refractivity contribution < 1.29 is 9.53 Å². The first-order valence-corrected chi connectivity index (χ1v) is 16.4. The lowest BCUT2D eigenvalue weighted by molar-refractivity contribution is -0.139. The molecule has 0 N–H and O–H groups in total. The highest BCUT2D eigenvalue weighted by Crippen LogP contribution is 2.33. The van der Waals surface area contributed by atoms with Crippen LogP contribution in [-0.2, 0) is 16.1 Å². The highest BCUT2D eigenvalue weighted by molar-refractivity contribution is 7.07. The molecule has 3 heterocycles. The zero-order valence-corrected chi connectivity index (χ0v) is 27.9. The maximum Gasteiger partial charge on any atom is 0.338 e. The number of nitrogens with zero attached hydrogens (tertiary/aromatic N) is 3. The number of halogens is 1. The molecule has 1 atom stereocenters. The molecule has 0 unspecified atom stereocenters. The Hall–Kier alpha value is -4.20. The molecule has 6 nitrogen and oxygen atoms in total. The van der Waals surface area contributed by atoms with Crippen LogP contribution >= 0.6 is 22.9 Å². The average molecular weight is 638 g/mol. The minimum Gasteiger partial charge on any atom is -0.463 e. The second-order valence-corrected chi connectivity index (χ2v) is 13.2. The Labute approximate surface area is 271 Å². The smallest absolute Gasteiger partial charge is 0.338 e. The number of aromatic nitrogens is 2. The van der Waals surface area contributed by atoms with Gasteiger partial charge in [-0.05, 0) is 74.6 Å². The van der Waals surface area contributed by atoms with Gasteiger partial charge < -0.3 is 9.30 Å². The van der Waals surface area contributed by atoms with Crippen molar-refractivity contribution in [3.63, 3.8) is 0 Å². The highest BCUT2D eigenvalue weighted by atomic mass is 35.5. The summed E-state index contributed by atoms with van der Waals surface area (Å²) >= 11 is 7.90. The summed E-state index contributed by atoms with van der Waals surface area (Å²) in [7, 11) is 0. The van der Waals surface area contributed by atoms with Crippen LogP contribution in [0.5, 0.6) is 0 Å². The number of hydrogen-bond acceptors (Lipinski definition) is 5. The van der Waals surface area contributed by atoms with Crippen LogP contribution in [0.3, 0.4) is 0 Å². The molecule has 0 amide bonds. The monoisotopic (exact) mass is 637 g/mol. The molecule has 0 spiro atoms. The number of fused-ring (bicyclic) bond motifs is 2. The number of carbonyl (C=O) groups excluding carboxylic acids is 1. The molecule has 230 valence electrons. The normalized spacial score (nSPS) is 15.1. The number of hydrogen-bond donors (Lipinski definition) is 0. The molecule has 0 saturated heterocycles. The molecule has 0 radical (unpaired) electrons. The number of esters is 1. The third-order valence-corrected chi connectivity index (χ3v) is 9.88. The van der Waals surface area contributed by atoms with Gasteiger partial charge in [-0.2, -0.15) is 0 Å². The summed E-state index contributed by atoms with van der Waals surface area (Å²) in [6, 6.07) is 21.8. The SMILES string of the molecule is CCOC(=O)C1=C(C)N=c2s/c(=C\c3c(C)n(Cc4ccccc4Cl)c4ccc(C)cc34)c(=O)n2[C@H]1c1ccc(C(C)C)cc1. The maximum absolute atomic E-state index is 14.3. The van der Waals surface area contributed by atoms with E-state index in [9.17, 15) is 9.59 Å². The molecule has 0 aliphatic carbocycles. The molecule has 8 heteroatoms. The lowest BCUT2D eigenvalue weighted by Gasteiger charge is -2.25. The second-order valence-electron chi connectivity index (χ2n) is 11.8. The Balaban J connectivity index is 1.56. The van der Waals surface area contributed by atoms with Gasteiger partial charge in [0, 0.05) is 33.7 Å². The van der Waals surface area contributed by atoms with Crippen LogP contribution in [0.1, 0.15) is 73.2 Å². The predicted molar refractivity (Wildman–Crippen MR) is 183 cm³/mol. The van der Waals surface area contributed by atoms with Crippen molar-refractivity contribution in [2.75, 3.05) is 6.61 Å². The van der Waals surface area contributed by atoms with Gasteiger partial charge in [0.15, 0.2) is 4.80 Å². The summed E-state index contributed by atoms with van der Waals surface area (Å²) in [5.74, 6) is -0.102. The summed E-state index contributed by atoms with van der Waals surface area (Å²) < 4.78 is 9.93. The third-order valence-electron chi connectivity index (χ3n) is 8.53. The standard InChI is InChI=1S/C37H36ClN3O3S/c1-7-44-36(43)33-23(5)39-37-41(34(33)26-15-13-25(14-16-26)21(2)3)35(42)32(45-37)19-28-24(6)40(20-27-10-8-9-11-30(27)38)31-17-12-22(4)18-29(28)31/h8-19,21,34H,7,20H2,1-6H3/b32-19-/t34-/m0/s1. The summed E-state index contributed by atoms with van der Waals surface area (Å²) in [5, 5.41) is 1.78. The van der Waals surface area contributed by atoms with Crippen LogP contribution in [0.25, 0.3) is 17.0 Å². The zero-order chi connectivity index (χ0) is 32.0. The molecule has 0 bridgehead atoms. The number of benzene rings is 3. The highest BCUT2D eigenvalue weighted by Gasteiger charge is 2.33. The first-order chi connectivity index (χ1) is 21.6. The number of rotatable bonds is 7. The van der Waals surface area contributed by atoms with E-state index in [1.807, 2.05) is 49.4 Å². The largest absolute Gasteiger partial charge is 0.463 e. The Morgan fingerprint density at radius 3 is 2.49 bits per heavy atom. The van der Waals surface area contributed by atoms with E-state index in [1.165, 1.54) is 16.9 Å². The molecule has 5 aromatic rings. The van der Waals surface area contributed by atoms with Crippen LogP contribution < -0.4 is 14.9 Å². The maximum atomic E-state index is 14.3. The minimum atomic E-state index is -0.645. The minimum absolute atomic E-state index is 0.190. The van der Waals surface area contributed by atoms with Gasteiger partial charge in [0.25, 0.3) is 5.56 Å². The van der Waals surface area contributed by atoms with Gasteiger partial charge in [0.05, 0.1) is 28.5 Å². The van der Waals surface area contributed by atoms with Crippen molar-refractivity contribution in [2.24, 2.45) is 4.99 Å². The second kappa shape index (κ2) is 12.3. The van der Waals surface area contributed by atoms with Gasteiger partial charge in [-0.25, -0.2) is 9.79 Å². The molecule has 1 aliphatic rings. The summed E-state index contributed by atoms with van der Waals surface area (Å²) in [6.45, 7) is 12.9. The number of aryl methyl sites for hydroxylation is 1. The topological polar surface area (TPSA) is 65.6 Å². The van der Waals surface area contributed by atoms with Crippen LogP contribution in [0.2, 0.25) is 5.02 Å². The Bertz CT molecular complexity index is 2170. The van der Waals surface area contributed by atoms with E-state index < -0.39 is 12.0 Å². The first kappa shape index (κ1) is 30.8. The fraction of sp³-hybridized carbons (Fsp3) is 0.270. The Morgan fingerprint density at radius 1 is 1.07 bits per heavy atom. The van der Waals surface area contributed by atoms with Crippen LogP contribution in [-0.4, -0.2) is 21.7 Å². The van der Waals surface area contributed by atoms with Crippen molar-refractivity contribution >= 4 is 45.9 Å². The number of ether oxygens (including phenoxy) is 1. The molecule has 0 saturated carbocycles. The molecule has 6 rings (SSSR count). The predicted octanol–water partition coefficient (Wildman–Crippen LogP) is 7.19. The molecular weight excluding hydrogens is 602 g/mol. The molecule has 3 aromatic carbocycles. The van der Waals surface area contributed by atoms with E-state index in [1.54, 1.807) is 11.5 Å². The van der Waals surface area contributed by atoms with Crippen LogP contribution in [0.4, 0.5) is 0 Å². The van der Waals surface area contributed by atoms with Gasteiger partial charge >= 0.3 is 5.97 Å². The molecule has 45 heavy (non-hydrogen) atoms. The van der Waals surface area contributed by atoms with E-state index in [2.05, 4.69) is 62.6 Å². The summed E-state index contributed by atoms with van der Waals surface area (Å²) in [5.41, 5.74) is 8.01. The van der Waals surface area contributed by atoms with Crippen LogP contribution in [0.15, 0.2) is 87.8 Å². The van der Waals surface area contributed by atoms with Gasteiger partial charge in [-0.1, -0.05) is 90.9 Å². The van der Waals surface area contributed by atoms with Crippen molar-refractivity contribution in [2.45, 2.75) is 60.0 Å². The Morgan fingerprint density at radius 2 is 1.80 bits per heavy atom. The van der Waals surface area contributed by atoms with Crippen molar-refractivity contribution in [3.05, 3.63) is 136 Å². The van der Waals surface area contributed by atoms with Crippen molar-refractivity contribution in [3.8, 4) is 0 Å². The lowest BCUT2D eigenvalue weighted by atomic mass is 9.93. The number of carbonyl (C=O) groups is 1. The average Bonchev–Trinajstić information content (AvgIpc) is 3.45. The fourth-order valence-electron chi connectivity index (χ4n) is 6.11. The summed E-state index contributed by atoms with van der Waals surface area (Å²) in [4.78, 5) is 33.0. The van der Waals surface area contributed by atoms with Crippen molar-refractivity contribution in [1.29, 1.82) is 0 Å². The number of allylic oxidation sites excluding steroid dienone is 1. The third kappa shape index (κ3) is 5.60. The quantitative estimate of drug-likeness (QED) is 0.177. The molecule has 2 aromatic heterocycles. The number of thiazole rings is 1. The van der Waals surface area contributed by atoms with Gasteiger partial charge in [0.2, 0.25) is 0 Å². The van der Waals surface area contributed by atoms with E-state index in [4.69, 9.17) is 21.3 Å². The molecule has 1 aliphatic heterocycles. The lowest BCUT2D eigenvalue weighted by Crippen LogP contribution is -2.40. The summed E-state index contributed by atoms with van der Waals surface area (Å²) in [6.07, 6.45) is 1.98. The first-order valence-electron chi connectivity index (χ1n) is 15.2. The van der Waals surface area contributed by atoms with E-state index >= 15 is 0 Å². The van der Waals surface area contributed by atoms with E-state index in [0.29, 0.717) is 33.1 Å². The van der Waals surface area contributed by atoms with E-state index in [-0.39, 0.29) is 12.2 Å². The van der Waals surface area contributed by atoms with Crippen LogP contribution in [0, 0.1) is 13.8 Å². The Kier molecular flexibility index (Phi) is 8.42. The van der Waals surface area contributed by atoms with Gasteiger partial charge in [0.1, 0.15) is 0 Å². The molecular formula is C37H36ClN3O3S. The molecule has 0 fully saturated rings. The zero-order valence-electron chi connectivity index (χ0n) is 26.3. The van der Waals surface area contributed by atoms with Gasteiger partial charge in [-0.3, -0.25) is 9.36 Å².